The van der Waals surface area contributed by atoms with Crippen molar-refractivity contribution in [2.75, 3.05) is 13.2 Å². The Bertz CT molecular complexity index is 1210. The maximum absolute atomic E-state index is 6.50. The molecule has 0 unspecified atom stereocenters. The molecule has 6 heteroatoms. The highest BCUT2D eigenvalue weighted by Gasteiger charge is 2.41. The number of ether oxygens (including phenoxy) is 3. The summed E-state index contributed by atoms with van der Waals surface area (Å²) in [5, 5.41) is 7.16. The van der Waals surface area contributed by atoms with Gasteiger partial charge in [0.05, 0.1) is 18.4 Å². The summed E-state index contributed by atoms with van der Waals surface area (Å²) in [5.74, 6) is 2.59. The lowest BCUT2D eigenvalue weighted by molar-refractivity contribution is -0.0191. The molecule has 0 saturated heterocycles. The maximum atomic E-state index is 6.50. The average Bonchev–Trinajstić information content (AvgIpc) is 3.34. The van der Waals surface area contributed by atoms with Crippen molar-refractivity contribution < 1.29 is 14.2 Å². The molecule has 2 aliphatic heterocycles. The third-order valence-corrected chi connectivity index (χ3v) is 6.73. The molecule has 35 heavy (non-hydrogen) atoms. The number of unbranched alkanes of at least 4 members (excludes halogenated alkanes) is 1. The molecule has 0 aliphatic carbocycles. The second kappa shape index (κ2) is 10.6. The van der Waals surface area contributed by atoms with E-state index in [0.29, 0.717) is 6.61 Å². The lowest BCUT2D eigenvalue weighted by atomic mass is 9.96. The zero-order valence-electron chi connectivity index (χ0n) is 19.8. The Hall–Kier alpha value is -3.25. The molecule has 0 amide bonds. The third-order valence-electron chi connectivity index (χ3n) is 6.24. The molecule has 3 aromatic rings. The van der Waals surface area contributed by atoms with E-state index in [2.05, 4.69) is 64.8 Å². The van der Waals surface area contributed by atoms with E-state index in [1.165, 1.54) is 0 Å². The van der Waals surface area contributed by atoms with Crippen LogP contribution in [0.2, 0.25) is 0 Å². The van der Waals surface area contributed by atoms with Crippen LogP contribution in [0, 0.1) is 0 Å². The van der Waals surface area contributed by atoms with Crippen LogP contribution in [0.3, 0.4) is 0 Å². The van der Waals surface area contributed by atoms with Crippen LogP contribution >= 0.6 is 15.9 Å². The molecule has 2 heterocycles. The van der Waals surface area contributed by atoms with Gasteiger partial charge in [-0.1, -0.05) is 41.9 Å². The van der Waals surface area contributed by atoms with Crippen LogP contribution in [0.4, 0.5) is 0 Å². The van der Waals surface area contributed by atoms with Crippen molar-refractivity contribution in [2.45, 2.75) is 38.5 Å². The van der Waals surface area contributed by atoms with Gasteiger partial charge in [0.1, 0.15) is 23.9 Å². The Morgan fingerprint density at radius 2 is 1.80 bits per heavy atom. The van der Waals surface area contributed by atoms with Crippen molar-refractivity contribution in [3.05, 3.63) is 101 Å². The lowest BCUT2D eigenvalue weighted by Gasteiger charge is -2.38. The van der Waals surface area contributed by atoms with E-state index in [1.807, 2.05) is 36.4 Å². The van der Waals surface area contributed by atoms with E-state index in [4.69, 9.17) is 19.3 Å². The number of fused-ring (bicyclic) bond motifs is 3. The minimum Gasteiger partial charge on any atom is -0.494 e. The average molecular weight is 533 g/mol. The number of hydrazone groups is 1. The van der Waals surface area contributed by atoms with Crippen LogP contribution in [0.5, 0.6) is 17.2 Å². The first kappa shape index (κ1) is 23.5. The molecule has 5 rings (SSSR count). The summed E-state index contributed by atoms with van der Waals surface area (Å²) in [5.41, 5.74) is 4.30. The van der Waals surface area contributed by atoms with Crippen LogP contribution < -0.4 is 14.2 Å². The maximum Gasteiger partial charge on any atom is 0.213 e. The number of hydrogen-bond donors (Lipinski definition) is 0. The number of halogens is 1. The van der Waals surface area contributed by atoms with Crippen molar-refractivity contribution in [3.63, 3.8) is 0 Å². The predicted octanol–water partition coefficient (Wildman–Crippen LogP) is 7.44. The molecule has 2 atom stereocenters. The Morgan fingerprint density at radius 1 is 1.06 bits per heavy atom. The molecule has 0 N–H and O–H groups in total. The van der Waals surface area contributed by atoms with E-state index < -0.39 is 0 Å². The minimum atomic E-state index is -0.314. The van der Waals surface area contributed by atoms with E-state index >= 15 is 0 Å². The van der Waals surface area contributed by atoms with Gasteiger partial charge in [-0.15, -0.1) is 0 Å². The highest BCUT2D eigenvalue weighted by atomic mass is 79.9. The Balaban J connectivity index is 1.44. The number of rotatable bonds is 9. The van der Waals surface area contributed by atoms with Crippen molar-refractivity contribution in [1.29, 1.82) is 0 Å². The first-order valence-electron chi connectivity index (χ1n) is 12.0. The summed E-state index contributed by atoms with van der Waals surface area (Å²) >= 11 is 3.62. The van der Waals surface area contributed by atoms with Gasteiger partial charge >= 0.3 is 0 Å². The van der Waals surface area contributed by atoms with Crippen molar-refractivity contribution in [2.24, 2.45) is 5.10 Å². The van der Waals surface area contributed by atoms with Crippen LogP contribution in [0.1, 0.15) is 55.1 Å². The van der Waals surface area contributed by atoms with E-state index in [-0.39, 0.29) is 12.3 Å². The molecule has 3 aromatic carbocycles. The summed E-state index contributed by atoms with van der Waals surface area (Å²) in [6.07, 6.45) is 4.39. The largest absolute Gasteiger partial charge is 0.494 e. The molecule has 180 valence electrons. The third kappa shape index (κ3) is 5.08. The predicted molar refractivity (Wildman–Crippen MR) is 142 cm³/mol. The molecular formula is C29H29BrN2O3. The molecule has 0 bridgehead atoms. The number of benzene rings is 3. The van der Waals surface area contributed by atoms with Gasteiger partial charge in [-0.05, 0) is 78.7 Å². The fraction of sp³-hybridized carbons (Fsp3) is 0.276. The zero-order valence-corrected chi connectivity index (χ0v) is 21.4. The SMILES string of the molecule is C=CCOc1ccc(C2=NN3[C@H](C2)c2cc(Br)ccc2O[C@H]3c2ccc(OCCCC)cc2)cc1. The fourth-order valence-electron chi connectivity index (χ4n) is 4.41. The second-order valence-electron chi connectivity index (χ2n) is 8.69. The summed E-state index contributed by atoms with van der Waals surface area (Å²) in [6.45, 7) is 7.09. The van der Waals surface area contributed by atoms with Gasteiger partial charge in [0.15, 0.2) is 0 Å². The summed E-state index contributed by atoms with van der Waals surface area (Å²) in [6, 6.07) is 22.6. The van der Waals surface area contributed by atoms with Gasteiger partial charge in [-0.2, -0.15) is 5.10 Å². The van der Waals surface area contributed by atoms with E-state index in [1.54, 1.807) is 6.08 Å². The smallest absolute Gasteiger partial charge is 0.213 e. The highest BCUT2D eigenvalue weighted by Crippen LogP contribution is 2.48. The van der Waals surface area contributed by atoms with E-state index in [0.717, 1.165) is 70.0 Å². The molecule has 0 radical (unpaired) electrons. The van der Waals surface area contributed by atoms with Crippen LogP contribution in [0.15, 0.2) is 89.0 Å². The molecule has 2 aliphatic rings. The molecule has 0 fully saturated rings. The zero-order chi connectivity index (χ0) is 24.2. The first-order chi connectivity index (χ1) is 17.2. The Morgan fingerprint density at radius 3 is 2.54 bits per heavy atom. The summed E-state index contributed by atoms with van der Waals surface area (Å²) in [4.78, 5) is 0. The van der Waals surface area contributed by atoms with Crippen molar-refractivity contribution in [3.8, 4) is 17.2 Å². The Labute approximate surface area is 215 Å². The summed E-state index contributed by atoms with van der Waals surface area (Å²) in [7, 11) is 0. The van der Waals surface area contributed by atoms with Crippen LogP contribution in [-0.4, -0.2) is 23.9 Å². The first-order valence-corrected chi connectivity index (χ1v) is 12.8. The van der Waals surface area contributed by atoms with Crippen molar-refractivity contribution >= 4 is 21.6 Å². The normalized spacial score (nSPS) is 18.2. The van der Waals surface area contributed by atoms with Gasteiger partial charge < -0.3 is 14.2 Å². The monoisotopic (exact) mass is 532 g/mol. The Kier molecular flexibility index (Phi) is 7.09. The minimum absolute atomic E-state index is 0.0911. The molecule has 0 aromatic heterocycles. The lowest BCUT2D eigenvalue weighted by Crippen LogP contribution is -2.33. The number of hydrogen-bond acceptors (Lipinski definition) is 5. The summed E-state index contributed by atoms with van der Waals surface area (Å²) < 4.78 is 19.0. The van der Waals surface area contributed by atoms with Crippen molar-refractivity contribution in [1.82, 2.24) is 5.01 Å². The van der Waals surface area contributed by atoms with Gasteiger partial charge in [0, 0.05) is 22.0 Å². The molecule has 0 saturated carbocycles. The van der Waals surface area contributed by atoms with Gasteiger partial charge in [0.2, 0.25) is 6.23 Å². The topological polar surface area (TPSA) is 43.3 Å². The quantitative estimate of drug-likeness (QED) is 0.212. The fourth-order valence-corrected chi connectivity index (χ4v) is 4.79. The highest BCUT2D eigenvalue weighted by molar-refractivity contribution is 9.10. The molecule has 0 spiro atoms. The van der Waals surface area contributed by atoms with Gasteiger partial charge in [-0.25, -0.2) is 5.01 Å². The van der Waals surface area contributed by atoms with E-state index in [9.17, 15) is 0 Å². The number of nitrogens with zero attached hydrogens (tertiary/aromatic N) is 2. The van der Waals surface area contributed by atoms with Crippen LogP contribution in [0.25, 0.3) is 0 Å². The second-order valence-corrected chi connectivity index (χ2v) is 9.61. The standard InChI is InChI=1S/C29H29BrN2O3/c1-3-5-17-34-24-13-8-21(9-14-24)29-32-27(25-18-22(30)10-15-28(25)35-29)19-26(31-32)20-6-11-23(12-7-20)33-16-4-2/h4,6-15,18,27,29H,2-3,5,16-17,19H2,1H3/t27-,29+/m1/s1. The van der Waals surface area contributed by atoms with Gasteiger partial charge in [0.25, 0.3) is 0 Å². The molecular weight excluding hydrogens is 504 g/mol. The van der Waals surface area contributed by atoms with Gasteiger partial charge in [-0.3, -0.25) is 0 Å². The van der Waals surface area contributed by atoms with Crippen LogP contribution in [-0.2, 0) is 0 Å². The molecule has 5 nitrogen and oxygen atoms in total.